The molecule has 1 heterocycles. The molecular formula is C16H20N4O. The van der Waals surface area contributed by atoms with Gasteiger partial charge in [0, 0.05) is 24.0 Å². The minimum Gasteiger partial charge on any atom is -0.311 e. The van der Waals surface area contributed by atoms with Gasteiger partial charge in [-0.25, -0.2) is 10.8 Å². The average Bonchev–Trinajstić information content (AvgIpc) is 2.45. The van der Waals surface area contributed by atoms with E-state index in [9.17, 15) is 4.79 Å². The number of pyridine rings is 1. The van der Waals surface area contributed by atoms with Crippen LogP contribution in [-0.4, -0.2) is 17.9 Å². The Labute approximate surface area is 124 Å². The van der Waals surface area contributed by atoms with Gasteiger partial charge in [-0.2, -0.15) is 0 Å². The zero-order valence-electron chi connectivity index (χ0n) is 12.8. The first-order chi connectivity index (χ1) is 9.92. The SMILES string of the molecule is Cc1ccc(N(C)C(=O)c2cc(C)nc(NN)c2)c(C)c1. The standard InChI is InChI=1S/C16H20N4O/c1-10-5-6-14(11(2)7-10)20(4)16(21)13-8-12(3)18-15(9-13)19-17/h5-9H,17H2,1-4H3,(H,18,19). The largest absolute Gasteiger partial charge is 0.311 e. The van der Waals surface area contributed by atoms with Gasteiger partial charge in [-0.15, -0.1) is 0 Å². The number of carbonyl (C=O) groups excluding carboxylic acids is 1. The van der Waals surface area contributed by atoms with E-state index in [2.05, 4.69) is 16.5 Å². The third kappa shape index (κ3) is 3.20. The Morgan fingerprint density at radius 2 is 1.90 bits per heavy atom. The number of nitrogens with zero attached hydrogens (tertiary/aromatic N) is 2. The molecule has 110 valence electrons. The van der Waals surface area contributed by atoms with Crippen molar-refractivity contribution in [3.8, 4) is 0 Å². The van der Waals surface area contributed by atoms with Gasteiger partial charge < -0.3 is 10.3 Å². The highest BCUT2D eigenvalue weighted by molar-refractivity contribution is 6.06. The van der Waals surface area contributed by atoms with Crippen LogP contribution in [0.2, 0.25) is 0 Å². The van der Waals surface area contributed by atoms with Gasteiger partial charge in [-0.05, 0) is 44.5 Å². The van der Waals surface area contributed by atoms with E-state index in [-0.39, 0.29) is 5.91 Å². The van der Waals surface area contributed by atoms with Crippen molar-refractivity contribution in [2.75, 3.05) is 17.4 Å². The number of hydrazine groups is 1. The van der Waals surface area contributed by atoms with Crippen LogP contribution in [0.25, 0.3) is 0 Å². The molecule has 0 aliphatic heterocycles. The summed E-state index contributed by atoms with van der Waals surface area (Å²) in [4.78, 5) is 18.5. The molecule has 5 heteroatoms. The molecule has 0 atom stereocenters. The molecule has 2 aromatic rings. The average molecular weight is 284 g/mol. The number of nitrogen functional groups attached to an aromatic ring is 1. The predicted octanol–water partition coefficient (Wildman–Crippen LogP) is 2.57. The van der Waals surface area contributed by atoms with Gasteiger partial charge in [0.2, 0.25) is 0 Å². The van der Waals surface area contributed by atoms with E-state index in [0.717, 1.165) is 16.9 Å². The molecular weight excluding hydrogens is 264 g/mol. The van der Waals surface area contributed by atoms with E-state index in [1.54, 1.807) is 24.1 Å². The van der Waals surface area contributed by atoms with Crippen LogP contribution in [0, 0.1) is 20.8 Å². The number of nitrogens with one attached hydrogen (secondary N) is 1. The van der Waals surface area contributed by atoms with Gasteiger partial charge in [0.15, 0.2) is 0 Å². The molecule has 3 N–H and O–H groups in total. The topological polar surface area (TPSA) is 71.2 Å². The van der Waals surface area contributed by atoms with Gasteiger partial charge in [-0.1, -0.05) is 17.7 Å². The van der Waals surface area contributed by atoms with E-state index >= 15 is 0 Å². The van der Waals surface area contributed by atoms with E-state index in [1.165, 1.54) is 5.56 Å². The molecule has 0 bridgehead atoms. The summed E-state index contributed by atoms with van der Waals surface area (Å²) < 4.78 is 0. The number of benzene rings is 1. The van der Waals surface area contributed by atoms with Crippen molar-refractivity contribution in [2.45, 2.75) is 20.8 Å². The fraction of sp³-hybridized carbons (Fsp3) is 0.250. The Morgan fingerprint density at radius 1 is 1.19 bits per heavy atom. The Balaban J connectivity index is 2.37. The van der Waals surface area contributed by atoms with Gasteiger partial charge in [0.1, 0.15) is 5.82 Å². The number of carbonyl (C=O) groups is 1. The quantitative estimate of drug-likeness (QED) is 0.671. The lowest BCUT2D eigenvalue weighted by atomic mass is 10.1. The lowest BCUT2D eigenvalue weighted by Gasteiger charge is -2.20. The fourth-order valence-electron chi connectivity index (χ4n) is 2.35. The van der Waals surface area contributed by atoms with Crippen molar-refractivity contribution < 1.29 is 4.79 Å². The maximum absolute atomic E-state index is 12.6. The molecule has 0 saturated heterocycles. The minimum atomic E-state index is -0.0936. The van der Waals surface area contributed by atoms with Gasteiger partial charge in [-0.3, -0.25) is 4.79 Å². The van der Waals surface area contributed by atoms with Crippen molar-refractivity contribution >= 4 is 17.4 Å². The van der Waals surface area contributed by atoms with Crippen molar-refractivity contribution in [1.29, 1.82) is 0 Å². The molecule has 5 nitrogen and oxygen atoms in total. The lowest BCUT2D eigenvalue weighted by Crippen LogP contribution is -2.27. The summed E-state index contributed by atoms with van der Waals surface area (Å²) in [7, 11) is 1.77. The first-order valence-electron chi connectivity index (χ1n) is 6.73. The summed E-state index contributed by atoms with van der Waals surface area (Å²) >= 11 is 0. The van der Waals surface area contributed by atoms with Gasteiger partial charge >= 0.3 is 0 Å². The van der Waals surface area contributed by atoms with Crippen molar-refractivity contribution in [3.63, 3.8) is 0 Å². The molecule has 21 heavy (non-hydrogen) atoms. The van der Waals surface area contributed by atoms with E-state index in [1.807, 2.05) is 32.9 Å². The van der Waals surface area contributed by atoms with Gasteiger partial charge in [0.25, 0.3) is 5.91 Å². The highest BCUT2D eigenvalue weighted by Gasteiger charge is 2.16. The summed E-state index contributed by atoms with van der Waals surface area (Å²) in [6, 6.07) is 9.41. The van der Waals surface area contributed by atoms with Crippen LogP contribution in [0.1, 0.15) is 27.2 Å². The number of aryl methyl sites for hydroxylation is 3. The number of hydrogen-bond acceptors (Lipinski definition) is 4. The summed E-state index contributed by atoms with van der Waals surface area (Å²) in [6.45, 7) is 5.86. The van der Waals surface area contributed by atoms with Crippen LogP contribution in [0.4, 0.5) is 11.5 Å². The van der Waals surface area contributed by atoms with Gasteiger partial charge in [0.05, 0.1) is 0 Å². The number of hydrogen-bond donors (Lipinski definition) is 2. The smallest absolute Gasteiger partial charge is 0.258 e. The Hall–Kier alpha value is -2.40. The predicted molar refractivity (Wildman–Crippen MR) is 85.4 cm³/mol. The molecule has 0 aliphatic carbocycles. The highest BCUT2D eigenvalue weighted by atomic mass is 16.2. The minimum absolute atomic E-state index is 0.0936. The monoisotopic (exact) mass is 284 g/mol. The Morgan fingerprint density at radius 3 is 2.52 bits per heavy atom. The summed E-state index contributed by atoms with van der Waals surface area (Å²) in [6.07, 6.45) is 0. The van der Waals surface area contributed by atoms with Crippen molar-refractivity contribution in [3.05, 3.63) is 52.7 Å². The third-order valence-electron chi connectivity index (χ3n) is 3.37. The second kappa shape index (κ2) is 5.93. The lowest BCUT2D eigenvalue weighted by molar-refractivity contribution is 0.0992. The molecule has 1 aromatic heterocycles. The van der Waals surface area contributed by atoms with Crippen LogP contribution < -0.4 is 16.2 Å². The van der Waals surface area contributed by atoms with E-state index in [4.69, 9.17) is 5.84 Å². The van der Waals surface area contributed by atoms with Crippen LogP contribution in [0.15, 0.2) is 30.3 Å². The van der Waals surface area contributed by atoms with Crippen molar-refractivity contribution in [1.82, 2.24) is 4.98 Å². The molecule has 2 rings (SSSR count). The summed E-state index contributed by atoms with van der Waals surface area (Å²) in [5.74, 6) is 5.76. The van der Waals surface area contributed by atoms with Crippen LogP contribution >= 0.6 is 0 Å². The second-order valence-corrected chi connectivity index (χ2v) is 5.18. The van der Waals surface area contributed by atoms with E-state index in [0.29, 0.717) is 11.4 Å². The molecule has 0 radical (unpaired) electrons. The summed E-state index contributed by atoms with van der Waals surface area (Å²) in [5.41, 5.74) is 6.90. The van der Waals surface area contributed by atoms with Crippen LogP contribution in [0.5, 0.6) is 0 Å². The van der Waals surface area contributed by atoms with E-state index < -0.39 is 0 Å². The Kier molecular flexibility index (Phi) is 4.23. The number of amides is 1. The van der Waals surface area contributed by atoms with Crippen molar-refractivity contribution in [2.24, 2.45) is 5.84 Å². The fourth-order valence-corrected chi connectivity index (χ4v) is 2.35. The Bertz CT molecular complexity index is 682. The maximum atomic E-state index is 12.6. The third-order valence-corrected chi connectivity index (χ3v) is 3.37. The molecule has 0 saturated carbocycles. The molecule has 0 unspecified atom stereocenters. The first kappa shape index (κ1) is 15.0. The molecule has 1 aromatic carbocycles. The molecule has 0 spiro atoms. The molecule has 0 fully saturated rings. The normalized spacial score (nSPS) is 10.3. The number of aromatic nitrogens is 1. The van der Waals surface area contributed by atoms with Crippen LogP contribution in [-0.2, 0) is 0 Å². The molecule has 0 aliphatic rings. The zero-order valence-corrected chi connectivity index (χ0v) is 12.8. The molecule has 1 amide bonds. The van der Waals surface area contributed by atoms with Crippen LogP contribution in [0.3, 0.4) is 0 Å². The number of anilines is 2. The number of nitrogens with two attached hydrogens (primary N) is 1. The maximum Gasteiger partial charge on any atom is 0.258 e. The first-order valence-corrected chi connectivity index (χ1v) is 6.73. The summed E-state index contributed by atoms with van der Waals surface area (Å²) in [5, 5.41) is 0. The highest BCUT2D eigenvalue weighted by Crippen LogP contribution is 2.22. The zero-order chi connectivity index (χ0) is 15.6. The number of rotatable bonds is 3. The second-order valence-electron chi connectivity index (χ2n) is 5.18.